The number of hydrogen-bond acceptors (Lipinski definition) is 5. The van der Waals surface area contributed by atoms with Crippen molar-refractivity contribution in [1.29, 1.82) is 0 Å². The maximum atomic E-state index is 12.7. The van der Waals surface area contributed by atoms with Gasteiger partial charge in [-0.05, 0) is 69.5 Å². The van der Waals surface area contributed by atoms with Crippen LogP contribution in [0.25, 0.3) is 0 Å². The van der Waals surface area contributed by atoms with Crippen LogP contribution in [-0.4, -0.2) is 29.1 Å². The molecule has 6 heteroatoms. The zero-order valence-corrected chi connectivity index (χ0v) is 18.4. The van der Waals surface area contributed by atoms with Gasteiger partial charge in [0.1, 0.15) is 0 Å². The van der Waals surface area contributed by atoms with Crippen LogP contribution in [0.15, 0.2) is 42.5 Å². The lowest BCUT2D eigenvalue weighted by Crippen LogP contribution is -2.16. The molecule has 0 saturated heterocycles. The Bertz CT molecular complexity index is 1170. The van der Waals surface area contributed by atoms with E-state index in [9.17, 15) is 14.4 Å². The molecule has 0 radical (unpaired) electrons. The van der Waals surface area contributed by atoms with Gasteiger partial charge in [0.2, 0.25) is 5.78 Å². The highest BCUT2D eigenvalue weighted by Crippen LogP contribution is 2.26. The third-order valence-corrected chi connectivity index (χ3v) is 5.42. The van der Waals surface area contributed by atoms with Crippen molar-refractivity contribution in [3.63, 3.8) is 0 Å². The summed E-state index contributed by atoms with van der Waals surface area (Å²) in [4.78, 5) is 40.1. The third kappa shape index (κ3) is 4.58. The number of Topliss-reactive ketones (excluding diaryl/α,β-unsaturated/α-hetero) is 2. The highest BCUT2D eigenvalue weighted by atomic mass is 16.5. The molecule has 0 unspecified atom stereocenters. The number of nitrogens with one attached hydrogen (secondary N) is 2. The van der Waals surface area contributed by atoms with Gasteiger partial charge in [-0.1, -0.05) is 24.3 Å². The number of esters is 1. The second-order valence-electron chi connectivity index (χ2n) is 7.60. The number of anilines is 2. The Kier molecular flexibility index (Phi) is 6.39. The number of carbonyl (C=O) groups excluding carboxylic acids is 3. The summed E-state index contributed by atoms with van der Waals surface area (Å²) in [5.41, 5.74) is 6.03. The summed E-state index contributed by atoms with van der Waals surface area (Å²) in [5, 5.41) is 3.28. The number of carbonyl (C=O) groups is 3. The number of benzene rings is 2. The first kappa shape index (κ1) is 22.0. The van der Waals surface area contributed by atoms with Crippen molar-refractivity contribution in [2.75, 3.05) is 11.9 Å². The van der Waals surface area contributed by atoms with Gasteiger partial charge < -0.3 is 15.0 Å². The number of ether oxygens (including phenoxy) is 1. The SMILES string of the molecule is CC(=O)c1c(C)[nH]c(C(=O)COC(=O)c2ccccc2Nc2cccc(C)c2C)c1C. The van der Waals surface area contributed by atoms with Crippen molar-refractivity contribution in [2.45, 2.75) is 34.6 Å². The van der Waals surface area contributed by atoms with E-state index >= 15 is 0 Å². The zero-order chi connectivity index (χ0) is 22.7. The molecule has 0 spiro atoms. The molecule has 1 heterocycles. The Morgan fingerprint density at radius 3 is 2.26 bits per heavy atom. The van der Waals surface area contributed by atoms with Gasteiger partial charge in [-0.2, -0.15) is 0 Å². The maximum absolute atomic E-state index is 12.7. The summed E-state index contributed by atoms with van der Waals surface area (Å²) < 4.78 is 5.31. The summed E-state index contributed by atoms with van der Waals surface area (Å²) in [5.74, 6) is -1.11. The summed E-state index contributed by atoms with van der Waals surface area (Å²) >= 11 is 0. The number of aryl methyl sites for hydroxylation is 2. The molecule has 31 heavy (non-hydrogen) atoms. The number of aromatic nitrogens is 1. The molecule has 0 aliphatic heterocycles. The van der Waals surface area contributed by atoms with E-state index in [-0.39, 0.29) is 17.3 Å². The van der Waals surface area contributed by atoms with E-state index in [4.69, 9.17) is 4.74 Å². The zero-order valence-electron chi connectivity index (χ0n) is 18.4. The standard InChI is InChI=1S/C25H26N2O4/c1-14-9-8-12-20(15(14)2)27-21-11-7-6-10-19(21)25(30)31-13-22(29)24-16(3)23(18(5)28)17(4)26-24/h6-12,26-27H,13H2,1-5H3. The molecular formula is C25H26N2O4. The number of H-pyrrole nitrogens is 1. The van der Waals surface area contributed by atoms with Gasteiger partial charge in [0.05, 0.1) is 16.9 Å². The van der Waals surface area contributed by atoms with E-state index in [0.717, 1.165) is 16.8 Å². The normalized spacial score (nSPS) is 10.6. The van der Waals surface area contributed by atoms with E-state index in [1.165, 1.54) is 6.92 Å². The van der Waals surface area contributed by atoms with E-state index in [1.54, 1.807) is 32.0 Å². The van der Waals surface area contributed by atoms with E-state index in [0.29, 0.717) is 28.1 Å². The molecule has 0 amide bonds. The molecule has 6 nitrogen and oxygen atoms in total. The van der Waals surface area contributed by atoms with Crippen molar-refractivity contribution >= 4 is 28.9 Å². The van der Waals surface area contributed by atoms with Gasteiger partial charge in [-0.15, -0.1) is 0 Å². The molecule has 3 aromatic rings. The lowest BCUT2D eigenvalue weighted by atomic mass is 10.1. The average molecular weight is 418 g/mol. The van der Waals surface area contributed by atoms with E-state index in [2.05, 4.69) is 10.3 Å². The monoisotopic (exact) mass is 418 g/mol. The molecule has 0 fully saturated rings. The van der Waals surface area contributed by atoms with Gasteiger partial charge in [0.15, 0.2) is 12.4 Å². The Labute approximate surface area is 181 Å². The minimum Gasteiger partial charge on any atom is -0.454 e. The lowest BCUT2D eigenvalue weighted by Gasteiger charge is -2.14. The Balaban J connectivity index is 1.76. The molecule has 0 atom stereocenters. The van der Waals surface area contributed by atoms with Crippen LogP contribution in [0.4, 0.5) is 11.4 Å². The number of aromatic amines is 1. The van der Waals surface area contributed by atoms with Crippen LogP contribution in [0.3, 0.4) is 0 Å². The average Bonchev–Trinajstić information content (AvgIpc) is 3.04. The molecule has 0 aliphatic carbocycles. The van der Waals surface area contributed by atoms with E-state index in [1.807, 2.05) is 38.1 Å². The molecular weight excluding hydrogens is 392 g/mol. The van der Waals surface area contributed by atoms with Crippen LogP contribution in [0, 0.1) is 27.7 Å². The minimum atomic E-state index is -0.602. The van der Waals surface area contributed by atoms with Crippen molar-refractivity contribution in [1.82, 2.24) is 4.98 Å². The Morgan fingerprint density at radius 2 is 1.58 bits per heavy atom. The fraction of sp³-hybridized carbons (Fsp3) is 0.240. The summed E-state index contributed by atoms with van der Waals surface area (Å²) in [7, 11) is 0. The molecule has 3 rings (SSSR count). The second kappa shape index (κ2) is 9.00. The quantitative estimate of drug-likeness (QED) is 0.405. The van der Waals surface area contributed by atoms with Crippen molar-refractivity contribution < 1.29 is 19.1 Å². The van der Waals surface area contributed by atoms with E-state index < -0.39 is 12.6 Å². The predicted octanol–water partition coefficient (Wildman–Crippen LogP) is 5.23. The first-order valence-electron chi connectivity index (χ1n) is 10.0. The minimum absolute atomic E-state index is 0.117. The fourth-order valence-corrected chi connectivity index (χ4v) is 3.64. The third-order valence-electron chi connectivity index (χ3n) is 5.42. The molecule has 0 saturated carbocycles. The highest BCUT2D eigenvalue weighted by Gasteiger charge is 2.21. The number of ketones is 2. The summed E-state index contributed by atoms with van der Waals surface area (Å²) in [6.45, 7) is 8.51. The predicted molar refractivity (Wildman–Crippen MR) is 121 cm³/mol. The van der Waals surface area contributed by atoms with Crippen LogP contribution in [0.5, 0.6) is 0 Å². The molecule has 1 aromatic heterocycles. The van der Waals surface area contributed by atoms with Crippen LogP contribution >= 0.6 is 0 Å². The number of para-hydroxylation sites is 1. The van der Waals surface area contributed by atoms with Crippen LogP contribution < -0.4 is 5.32 Å². The second-order valence-corrected chi connectivity index (χ2v) is 7.60. The van der Waals surface area contributed by atoms with Gasteiger partial charge in [-0.3, -0.25) is 9.59 Å². The molecule has 0 aliphatic rings. The van der Waals surface area contributed by atoms with Gasteiger partial charge in [0.25, 0.3) is 0 Å². The Hall–Kier alpha value is -3.67. The summed E-state index contributed by atoms with van der Waals surface area (Å²) in [6, 6.07) is 12.9. The number of rotatable bonds is 7. The van der Waals surface area contributed by atoms with Crippen molar-refractivity contribution in [3.8, 4) is 0 Å². The topological polar surface area (TPSA) is 88.3 Å². The molecule has 2 N–H and O–H groups in total. The maximum Gasteiger partial charge on any atom is 0.340 e. The summed E-state index contributed by atoms with van der Waals surface area (Å²) in [6.07, 6.45) is 0. The van der Waals surface area contributed by atoms with Gasteiger partial charge in [0, 0.05) is 16.9 Å². The van der Waals surface area contributed by atoms with Crippen LogP contribution in [0.2, 0.25) is 0 Å². The van der Waals surface area contributed by atoms with Gasteiger partial charge in [-0.25, -0.2) is 4.79 Å². The van der Waals surface area contributed by atoms with Crippen LogP contribution in [0.1, 0.15) is 60.5 Å². The van der Waals surface area contributed by atoms with Crippen LogP contribution in [-0.2, 0) is 4.74 Å². The first-order valence-corrected chi connectivity index (χ1v) is 10.0. The highest BCUT2D eigenvalue weighted by molar-refractivity contribution is 6.05. The Morgan fingerprint density at radius 1 is 0.903 bits per heavy atom. The smallest absolute Gasteiger partial charge is 0.340 e. The molecule has 160 valence electrons. The molecule has 2 aromatic carbocycles. The first-order chi connectivity index (χ1) is 14.7. The lowest BCUT2D eigenvalue weighted by molar-refractivity contribution is 0.0474. The number of hydrogen-bond donors (Lipinski definition) is 2. The molecule has 0 bridgehead atoms. The van der Waals surface area contributed by atoms with Crippen molar-refractivity contribution in [2.24, 2.45) is 0 Å². The fourth-order valence-electron chi connectivity index (χ4n) is 3.64. The largest absolute Gasteiger partial charge is 0.454 e. The van der Waals surface area contributed by atoms with Crippen molar-refractivity contribution in [3.05, 3.63) is 81.7 Å². The van der Waals surface area contributed by atoms with Gasteiger partial charge >= 0.3 is 5.97 Å².